The van der Waals surface area contributed by atoms with Gasteiger partial charge in [-0.3, -0.25) is 4.79 Å². The number of nitrogens with one attached hydrogen (secondary N) is 1. The van der Waals surface area contributed by atoms with Crippen LogP contribution in [0.15, 0.2) is 6.07 Å². The molecule has 3 nitrogen and oxygen atoms in total. The molecule has 1 heterocycles. The lowest BCUT2D eigenvalue weighted by molar-refractivity contribution is -0.146. The number of rotatable bonds is 5. The van der Waals surface area contributed by atoms with E-state index in [2.05, 4.69) is 32.2 Å². The fraction of sp³-hybridized carbons (Fsp3) is 0.615. The Morgan fingerprint density at radius 3 is 2.53 bits per heavy atom. The standard InChI is InChI=1S/C13H21NO2S/c1-8(2)16-13(15)7-14-10(4)12-6-9(3)17-11(12)5/h6,8,10,14H,7H2,1-5H3. The van der Waals surface area contributed by atoms with E-state index in [-0.39, 0.29) is 24.7 Å². The summed E-state index contributed by atoms with van der Waals surface area (Å²) in [6.45, 7) is 10.2. The minimum atomic E-state index is -0.198. The zero-order valence-corrected chi connectivity index (χ0v) is 12.0. The summed E-state index contributed by atoms with van der Waals surface area (Å²) in [5, 5.41) is 3.19. The van der Waals surface area contributed by atoms with Gasteiger partial charge in [-0.2, -0.15) is 0 Å². The lowest BCUT2D eigenvalue weighted by atomic mass is 10.1. The molecule has 0 aliphatic rings. The molecule has 0 aliphatic carbocycles. The number of thiophene rings is 1. The van der Waals surface area contributed by atoms with Crippen molar-refractivity contribution < 1.29 is 9.53 Å². The topological polar surface area (TPSA) is 38.3 Å². The van der Waals surface area contributed by atoms with Gasteiger partial charge in [0, 0.05) is 15.8 Å². The molecule has 96 valence electrons. The van der Waals surface area contributed by atoms with Crippen molar-refractivity contribution in [1.29, 1.82) is 0 Å². The van der Waals surface area contributed by atoms with Gasteiger partial charge < -0.3 is 10.1 Å². The zero-order chi connectivity index (χ0) is 13.0. The van der Waals surface area contributed by atoms with Crippen LogP contribution in [0, 0.1) is 13.8 Å². The second kappa shape index (κ2) is 6.17. The van der Waals surface area contributed by atoms with Crippen LogP contribution in [0.2, 0.25) is 0 Å². The molecule has 1 N–H and O–H groups in total. The molecule has 0 spiro atoms. The first-order valence-electron chi connectivity index (χ1n) is 5.90. The van der Waals surface area contributed by atoms with Crippen LogP contribution >= 0.6 is 11.3 Å². The largest absolute Gasteiger partial charge is 0.462 e. The van der Waals surface area contributed by atoms with Crippen molar-refractivity contribution >= 4 is 17.3 Å². The molecule has 1 aromatic rings. The average molecular weight is 255 g/mol. The molecule has 1 atom stereocenters. The maximum Gasteiger partial charge on any atom is 0.320 e. The Balaban J connectivity index is 2.47. The molecule has 17 heavy (non-hydrogen) atoms. The van der Waals surface area contributed by atoms with E-state index in [1.165, 1.54) is 15.3 Å². The van der Waals surface area contributed by atoms with Crippen molar-refractivity contribution in [3.63, 3.8) is 0 Å². The summed E-state index contributed by atoms with van der Waals surface area (Å²) >= 11 is 1.79. The van der Waals surface area contributed by atoms with Gasteiger partial charge in [0.2, 0.25) is 0 Å². The number of hydrogen-bond donors (Lipinski definition) is 1. The molecule has 0 amide bonds. The third-order valence-corrected chi connectivity index (χ3v) is 3.45. The van der Waals surface area contributed by atoms with Crippen LogP contribution in [-0.2, 0) is 9.53 Å². The number of carbonyl (C=O) groups excluding carboxylic acids is 1. The summed E-state index contributed by atoms with van der Waals surface area (Å²) in [6.07, 6.45) is -0.0512. The zero-order valence-electron chi connectivity index (χ0n) is 11.2. The van der Waals surface area contributed by atoms with E-state index in [1.807, 2.05) is 13.8 Å². The van der Waals surface area contributed by atoms with Crippen LogP contribution < -0.4 is 5.32 Å². The van der Waals surface area contributed by atoms with Gasteiger partial charge in [-0.15, -0.1) is 11.3 Å². The maximum atomic E-state index is 11.4. The SMILES string of the molecule is Cc1cc(C(C)NCC(=O)OC(C)C)c(C)s1. The van der Waals surface area contributed by atoms with E-state index in [9.17, 15) is 4.79 Å². The quantitative estimate of drug-likeness (QED) is 0.822. The molecular weight excluding hydrogens is 234 g/mol. The van der Waals surface area contributed by atoms with Crippen molar-refractivity contribution in [2.45, 2.75) is 46.8 Å². The minimum absolute atomic E-state index is 0.0512. The highest BCUT2D eigenvalue weighted by Crippen LogP contribution is 2.25. The van der Waals surface area contributed by atoms with E-state index >= 15 is 0 Å². The van der Waals surface area contributed by atoms with E-state index < -0.39 is 0 Å². The van der Waals surface area contributed by atoms with E-state index in [4.69, 9.17) is 4.74 Å². The van der Waals surface area contributed by atoms with Crippen molar-refractivity contribution in [2.75, 3.05) is 6.54 Å². The van der Waals surface area contributed by atoms with Crippen molar-refractivity contribution in [3.05, 3.63) is 21.4 Å². The summed E-state index contributed by atoms with van der Waals surface area (Å²) in [6, 6.07) is 2.35. The molecular formula is C13H21NO2S. The fourth-order valence-corrected chi connectivity index (χ4v) is 2.75. The number of esters is 1. The van der Waals surface area contributed by atoms with E-state index in [0.717, 1.165) is 0 Å². The first-order chi connectivity index (χ1) is 7.90. The lowest BCUT2D eigenvalue weighted by Crippen LogP contribution is -2.28. The smallest absolute Gasteiger partial charge is 0.320 e. The Labute approximate surface area is 107 Å². The van der Waals surface area contributed by atoms with Crippen LogP contribution in [0.5, 0.6) is 0 Å². The highest BCUT2D eigenvalue weighted by molar-refractivity contribution is 7.12. The second-order valence-corrected chi connectivity index (χ2v) is 5.97. The Morgan fingerprint density at radius 2 is 2.06 bits per heavy atom. The summed E-state index contributed by atoms with van der Waals surface area (Å²) in [5.74, 6) is -0.198. The predicted octanol–water partition coefficient (Wildman–Crippen LogP) is 2.97. The summed E-state index contributed by atoms with van der Waals surface area (Å²) < 4.78 is 5.07. The van der Waals surface area contributed by atoms with E-state index in [0.29, 0.717) is 0 Å². The fourth-order valence-electron chi connectivity index (χ4n) is 1.73. The normalized spacial score (nSPS) is 12.8. The second-order valence-electron chi connectivity index (χ2n) is 4.51. The number of aryl methyl sites for hydroxylation is 2. The predicted molar refractivity (Wildman–Crippen MR) is 71.4 cm³/mol. The molecule has 0 aliphatic heterocycles. The highest BCUT2D eigenvalue weighted by atomic mass is 32.1. The van der Waals surface area contributed by atoms with E-state index in [1.54, 1.807) is 11.3 Å². The third-order valence-electron chi connectivity index (χ3n) is 2.47. The number of hydrogen-bond acceptors (Lipinski definition) is 4. The Hall–Kier alpha value is -0.870. The lowest BCUT2D eigenvalue weighted by Gasteiger charge is -2.14. The summed E-state index contributed by atoms with van der Waals surface area (Å²) in [7, 11) is 0. The minimum Gasteiger partial charge on any atom is -0.462 e. The summed E-state index contributed by atoms with van der Waals surface area (Å²) in [4.78, 5) is 14.0. The molecule has 0 saturated carbocycles. The summed E-state index contributed by atoms with van der Waals surface area (Å²) in [5.41, 5.74) is 1.27. The molecule has 0 aromatic carbocycles. The van der Waals surface area contributed by atoms with Crippen LogP contribution in [-0.4, -0.2) is 18.6 Å². The molecule has 4 heteroatoms. The van der Waals surface area contributed by atoms with Crippen molar-refractivity contribution in [1.82, 2.24) is 5.32 Å². The van der Waals surface area contributed by atoms with Crippen LogP contribution in [0.3, 0.4) is 0 Å². The Kier molecular flexibility index (Phi) is 5.15. The molecule has 0 bridgehead atoms. The first kappa shape index (κ1) is 14.2. The van der Waals surface area contributed by atoms with Gasteiger partial charge in [0.25, 0.3) is 0 Å². The molecule has 0 saturated heterocycles. The number of carbonyl (C=O) groups is 1. The molecule has 1 aromatic heterocycles. The first-order valence-corrected chi connectivity index (χ1v) is 6.71. The highest BCUT2D eigenvalue weighted by Gasteiger charge is 2.13. The van der Waals surface area contributed by atoms with Gasteiger partial charge in [0.05, 0.1) is 12.6 Å². The molecule has 1 rings (SSSR count). The van der Waals surface area contributed by atoms with Crippen LogP contribution in [0.25, 0.3) is 0 Å². The van der Waals surface area contributed by atoms with Gasteiger partial charge >= 0.3 is 5.97 Å². The van der Waals surface area contributed by atoms with Gasteiger partial charge in [-0.1, -0.05) is 0 Å². The van der Waals surface area contributed by atoms with Crippen molar-refractivity contribution in [2.24, 2.45) is 0 Å². The number of ether oxygens (including phenoxy) is 1. The van der Waals surface area contributed by atoms with Crippen LogP contribution in [0.4, 0.5) is 0 Å². The van der Waals surface area contributed by atoms with Crippen LogP contribution in [0.1, 0.15) is 42.1 Å². The van der Waals surface area contributed by atoms with Gasteiger partial charge in [-0.25, -0.2) is 0 Å². The molecule has 0 fully saturated rings. The molecule has 0 radical (unpaired) electrons. The molecule has 1 unspecified atom stereocenters. The van der Waals surface area contributed by atoms with Gasteiger partial charge in [0.1, 0.15) is 0 Å². The Morgan fingerprint density at radius 1 is 1.41 bits per heavy atom. The maximum absolute atomic E-state index is 11.4. The van der Waals surface area contributed by atoms with Gasteiger partial charge in [0.15, 0.2) is 0 Å². The monoisotopic (exact) mass is 255 g/mol. The third kappa shape index (κ3) is 4.48. The van der Waals surface area contributed by atoms with Crippen molar-refractivity contribution in [3.8, 4) is 0 Å². The Bertz CT molecular complexity index is 385. The van der Waals surface area contributed by atoms with Gasteiger partial charge in [-0.05, 0) is 46.2 Å². The average Bonchev–Trinajstić information content (AvgIpc) is 2.53.